The van der Waals surface area contributed by atoms with Crippen LogP contribution in [0.4, 0.5) is 4.79 Å². The van der Waals surface area contributed by atoms with Crippen molar-refractivity contribution in [3.63, 3.8) is 0 Å². The molecule has 0 N–H and O–H groups in total. The first kappa shape index (κ1) is 18.2. The number of hydrogen-bond acceptors (Lipinski definition) is 7. The lowest BCUT2D eigenvalue weighted by Crippen LogP contribution is -2.34. The van der Waals surface area contributed by atoms with Crippen LogP contribution >= 0.6 is 23.4 Å². The van der Waals surface area contributed by atoms with E-state index in [4.69, 9.17) is 21.1 Å². The number of carbonyl (C=O) groups excluding carboxylic acids is 3. The molecule has 0 bridgehead atoms. The van der Waals surface area contributed by atoms with Crippen molar-refractivity contribution in [2.24, 2.45) is 0 Å². The van der Waals surface area contributed by atoms with Gasteiger partial charge in [-0.3, -0.25) is 19.3 Å². The smallest absolute Gasteiger partial charge is 0.325 e. The Balaban J connectivity index is 2.34. The summed E-state index contributed by atoms with van der Waals surface area (Å²) in [4.78, 5) is 36.4. The van der Waals surface area contributed by atoms with Gasteiger partial charge in [0.15, 0.2) is 11.5 Å². The van der Waals surface area contributed by atoms with Gasteiger partial charge < -0.3 is 14.2 Å². The summed E-state index contributed by atoms with van der Waals surface area (Å²) in [6, 6.07) is 3.14. The van der Waals surface area contributed by atoms with Gasteiger partial charge in [-0.1, -0.05) is 11.6 Å². The van der Waals surface area contributed by atoms with Gasteiger partial charge in [-0.25, -0.2) is 0 Å². The monoisotopic (exact) mass is 371 g/mol. The Bertz CT molecular complexity index is 733. The Kier molecular flexibility index (Phi) is 5.74. The van der Waals surface area contributed by atoms with Gasteiger partial charge in [0.1, 0.15) is 6.54 Å². The van der Waals surface area contributed by atoms with Crippen LogP contribution in [-0.2, 0) is 14.3 Å². The molecule has 0 spiro atoms. The van der Waals surface area contributed by atoms with Gasteiger partial charge in [0.05, 0.1) is 31.3 Å². The van der Waals surface area contributed by atoms with Crippen LogP contribution < -0.4 is 9.47 Å². The molecular formula is C15H14ClNO6S. The molecule has 1 fully saturated rings. The predicted octanol–water partition coefficient (Wildman–Crippen LogP) is 2.57. The lowest BCUT2D eigenvalue weighted by Gasteiger charge is -2.10. The number of amides is 2. The fourth-order valence-electron chi connectivity index (χ4n) is 1.95. The Morgan fingerprint density at radius 1 is 1.21 bits per heavy atom. The first-order valence-corrected chi connectivity index (χ1v) is 7.84. The zero-order valence-electron chi connectivity index (χ0n) is 13.1. The van der Waals surface area contributed by atoms with Crippen molar-refractivity contribution >= 4 is 46.6 Å². The third-order valence-electron chi connectivity index (χ3n) is 3.18. The van der Waals surface area contributed by atoms with Crippen LogP contribution in [0.3, 0.4) is 0 Å². The van der Waals surface area contributed by atoms with Crippen molar-refractivity contribution < 1.29 is 28.6 Å². The molecule has 1 aliphatic heterocycles. The first-order chi connectivity index (χ1) is 11.4. The average Bonchev–Trinajstić information content (AvgIpc) is 2.83. The molecule has 0 radical (unpaired) electrons. The third-order valence-corrected chi connectivity index (χ3v) is 4.41. The van der Waals surface area contributed by atoms with E-state index in [0.717, 1.165) is 16.7 Å². The number of imide groups is 1. The maximum atomic E-state index is 12.3. The summed E-state index contributed by atoms with van der Waals surface area (Å²) in [7, 11) is 4.13. The largest absolute Gasteiger partial charge is 0.493 e. The second-order valence-corrected chi connectivity index (χ2v) is 5.97. The Morgan fingerprint density at radius 2 is 1.83 bits per heavy atom. The van der Waals surface area contributed by atoms with Crippen molar-refractivity contribution in [1.29, 1.82) is 0 Å². The SMILES string of the molecule is COC(=O)CN1C(=O)S/C(=C\c2cc(OC)c(OC)cc2Cl)C1=O. The fraction of sp³-hybridized carbons (Fsp3) is 0.267. The van der Waals surface area contributed by atoms with Gasteiger partial charge in [0.25, 0.3) is 11.1 Å². The van der Waals surface area contributed by atoms with Crippen LogP contribution in [0.2, 0.25) is 5.02 Å². The second-order valence-electron chi connectivity index (χ2n) is 4.57. The molecule has 24 heavy (non-hydrogen) atoms. The van der Waals surface area contributed by atoms with E-state index in [-0.39, 0.29) is 4.91 Å². The van der Waals surface area contributed by atoms with Crippen molar-refractivity contribution in [2.75, 3.05) is 27.9 Å². The molecule has 1 aromatic rings. The number of esters is 1. The number of halogens is 1. The first-order valence-electron chi connectivity index (χ1n) is 6.65. The third kappa shape index (κ3) is 3.65. The van der Waals surface area contributed by atoms with Gasteiger partial charge in [0.2, 0.25) is 0 Å². The molecule has 0 atom stereocenters. The van der Waals surface area contributed by atoms with E-state index in [1.807, 2.05) is 0 Å². The van der Waals surface area contributed by atoms with E-state index in [1.165, 1.54) is 27.4 Å². The lowest BCUT2D eigenvalue weighted by molar-refractivity contribution is -0.143. The van der Waals surface area contributed by atoms with E-state index in [2.05, 4.69) is 4.74 Å². The van der Waals surface area contributed by atoms with E-state index in [1.54, 1.807) is 12.1 Å². The van der Waals surface area contributed by atoms with Crippen LogP contribution in [0.1, 0.15) is 5.56 Å². The summed E-state index contributed by atoms with van der Waals surface area (Å²) < 4.78 is 14.8. The molecule has 0 saturated carbocycles. The fourth-order valence-corrected chi connectivity index (χ4v) is 2.99. The molecule has 0 unspecified atom stereocenters. The Hall–Kier alpha value is -2.19. The van der Waals surface area contributed by atoms with Crippen LogP contribution in [0.25, 0.3) is 6.08 Å². The highest BCUT2D eigenvalue weighted by Crippen LogP contribution is 2.37. The summed E-state index contributed by atoms with van der Waals surface area (Å²) in [6.07, 6.45) is 1.46. The molecule has 1 saturated heterocycles. The summed E-state index contributed by atoms with van der Waals surface area (Å²) in [6.45, 7) is -0.432. The summed E-state index contributed by atoms with van der Waals surface area (Å²) >= 11 is 6.89. The highest BCUT2D eigenvalue weighted by molar-refractivity contribution is 8.18. The zero-order valence-corrected chi connectivity index (χ0v) is 14.7. The second kappa shape index (κ2) is 7.59. The Labute approximate surface area is 147 Å². The standard InChI is InChI=1S/C15H14ClNO6S/c1-21-10-4-8(9(16)6-11(10)22-2)5-12-14(19)17(15(20)24-12)7-13(18)23-3/h4-6H,7H2,1-3H3/b12-5-. The van der Waals surface area contributed by atoms with E-state index < -0.39 is 23.7 Å². The topological polar surface area (TPSA) is 82.1 Å². The zero-order chi connectivity index (χ0) is 17.9. The molecule has 1 aromatic carbocycles. The summed E-state index contributed by atoms with van der Waals surface area (Å²) in [5.41, 5.74) is 0.484. The highest BCUT2D eigenvalue weighted by Gasteiger charge is 2.36. The molecule has 2 rings (SSSR count). The number of thioether (sulfide) groups is 1. The van der Waals surface area contributed by atoms with Crippen LogP contribution in [0.15, 0.2) is 17.0 Å². The van der Waals surface area contributed by atoms with Crippen molar-refractivity contribution in [3.05, 3.63) is 27.6 Å². The van der Waals surface area contributed by atoms with Gasteiger partial charge in [-0.2, -0.15) is 0 Å². The molecule has 7 nitrogen and oxygen atoms in total. The van der Waals surface area contributed by atoms with E-state index in [9.17, 15) is 14.4 Å². The van der Waals surface area contributed by atoms with Gasteiger partial charge in [0, 0.05) is 6.07 Å². The minimum absolute atomic E-state index is 0.151. The number of nitrogens with zero attached hydrogens (tertiary/aromatic N) is 1. The van der Waals surface area contributed by atoms with Gasteiger partial charge in [-0.15, -0.1) is 0 Å². The maximum Gasteiger partial charge on any atom is 0.325 e. The number of ether oxygens (including phenoxy) is 3. The average molecular weight is 372 g/mol. The highest BCUT2D eigenvalue weighted by atomic mass is 35.5. The van der Waals surface area contributed by atoms with Crippen LogP contribution in [0, 0.1) is 0 Å². The van der Waals surface area contributed by atoms with Crippen LogP contribution in [0.5, 0.6) is 11.5 Å². The molecule has 0 aliphatic carbocycles. The minimum atomic E-state index is -0.678. The number of methoxy groups -OCH3 is 3. The normalized spacial score (nSPS) is 15.8. The number of rotatable bonds is 5. The van der Waals surface area contributed by atoms with E-state index >= 15 is 0 Å². The number of carbonyl (C=O) groups is 3. The van der Waals surface area contributed by atoms with Gasteiger partial charge in [-0.05, 0) is 29.5 Å². The molecule has 2 amide bonds. The predicted molar refractivity (Wildman–Crippen MR) is 89.2 cm³/mol. The molecule has 1 aliphatic rings. The van der Waals surface area contributed by atoms with Crippen molar-refractivity contribution in [1.82, 2.24) is 4.90 Å². The molecule has 1 heterocycles. The summed E-state index contributed by atoms with van der Waals surface area (Å²) in [5.74, 6) is -0.385. The number of benzene rings is 1. The minimum Gasteiger partial charge on any atom is -0.493 e. The molecular weight excluding hydrogens is 358 g/mol. The maximum absolute atomic E-state index is 12.3. The Morgan fingerprint density at radius 3 is 2.42 bits per heavy atom. The van der Waals surface area contributed by atoms with Crippen molar-refractivity contribution in [3.8, 4) is 11.5 Å². The summed E-state index contributed by atoms with van der Waals surface area (Å²) in [5, 5.41) is -0.222. The number of hydrogen-bond donors (Lipinski definition) is 0. The van der Waals surface area contributed by atoms with E-state index in [0.29, 0.717) is 22.1 Å². The van der Waals surface area contributed by atoms with Crippen LogP contribution in [-0.4, -0.2) is 49.9 Å². The van der Waals surface area contributed by atoms with Gasteiger partial charge >= 0.3 is 5.97 Å². The molecule has 9 heteroatoms. The molecule has 128 valence electrons. The molecule has 0 aromatic heterocycles. The lowest BCUT2D eigenvalue weighted by atomic mass is 10.1. The quantitative estimate of drug-likeness (QED) is 0.581. The van der Waals surface area contributed by atoms with Crippen molar-refractivity contribution in [2.45, 2.75) is 0 Å².